The molecule has 0 saturated carbocycles. The third-order valence-electron chi connectivity index (χ3n) is 2.44. The average molecular weight is 228 g/mol. The normalized spacial score (nSPS) is 35.5. The fourth-order valence-electron chi connectivity index (χ4n) is 1.87. The van der Waals surface area contributed by atoms with Crippen molar-refractivity contribution in [2.75, 3.05) is 0 Å². The fraction of sp³-hybridized carbons (Fsp3) is 0.500. The van der Waals surface area contributed by atoms with Gasteiger partial charge in [0.05, 0.1) is 12.2 Å². The maximum absolute atomic E-state index is 10.6. The SMILES string of the molecule is O=C([O-])[C@@H]1[C@H](C(=O)[O-])[C@@H]2C=C[C@H]1O2.[Na+].[Na+]. The maximum atomic E-state index is 10.6. The van der Waals surface area contributed by atoms with Gasteiger partial charge in [-0.1, -0.05) is 12.2 Å². The third-order valence-corrected chi connectivity index (χ3v) is 2.44. The molecule has 0 spiro atoms. The molecular weight excluding hydrogens is 222 g/mol. The van der Waals surface area contributed by atoms with Gasteiger partial charge in [-0.05, 0) is 0 Å². The van der Waals surface area contributed by atoms with Gasteiger partial charge in [-0.25, -0.2) is 0 Å². The van der Waals surface area contributed by atoms with E-state index in [9.17, 15) is 19.8 Å². The van der Waals surface area contributed by atoms with Gasteiger partial charge in [0.2, 0.25) is 0 Å². The van der Waals surface area contributed by atoms with Gasteiger partial charge in [-0.2, -0.15) is 0 Å². The fourth-order valence-corrected chi connectivity index (χ4v) is 1.87. The molecule has 2 bridgehead atoms. The van der Waals surface area contributed by atoms with Crippen molar-refractivity contribution in [3.05, 3.63) is 12.2 Å². The molecule has 2 heterocycles. The van der Waals surface area contributed by atoms with Gasteiger partial charge in [-0.15, -0.1) is 0 Å². The number of rotatable bonds is 2. The molecular formula is C8H6Na2O5. The van der Waals surface area contributed by atoms with Crippen molar-refractivity contribution in [1.82, 2.24) is 0 Å². The molecule has 2 aliphatic heterocycles. The summed E-state index contributed by atoms with van der Waals surface area (Å²) in [4.78, 5) is 21.2. The summed E-state index contributed by atoms with van der Waals surface area (Å²) in [7, 11) is 0. The predicted molar refractivity (Wildman–Crippen MR) is 34.8 cm³/mol. The first-order valence-corrected chi connectivity index (χ1v) is 3.87. The summed E-state index contributed by atoms with van der Waals surface area (Å²) < 4.78 is 5.07. The van der Waals surface area contributed by atoms with Gasteiger partial charge in [-0.3, -0.25) is 0 Å². The van der Waals surface area contributed by atoms with Crippen LogP contribution < -0.4 is 69.3 Å². The quantitative estimate of drug-likeness (QED) is 0.346. The monoisotopic (exact) mass is 228 g/mol. The second-order valence-electron chi connectivity index (χ2n) is 3.14. The molecule has 4 atom stereocenters. The van der Waals surface area contributed by atoms with Crippen LogP contribution in [0.4, 0.5) is 0 Å². The second kappa shape index (κ2) is 5.82. The van der Waals surface area contributed by atoms with Crippen molar-refractivity contribution in [3.63, 3.8) is 0 Å². The van der Waals surface area contributed by atoms with Gasteiger partial charge in [0, 0.05) is 23.8 Å². The van der Waals surface area contributed by atoms with E-state index in [0.29, 0.717) is 0 Å². The van der Waals surface area contributed by atoms with Crippen LogP contribution in [0.25, 0.3) is 0 Å². The summed E-state index contributed by atoms with van der Waals surface area (Å²) in [6, 6.07) is 0. The van der Waals surface area contributed by atoms with Crippen LogP contribution in [0.1, 0.15) is 0 Å². The smallest absolute Gasteiger partial charge is 0.550 e. The van der Waals surface area contributed by atoms with Gasteiger partial charge < -0.3 is 24.5 Å². The standard InChI is InChI=1S/C8H8O5.2Na/c9-7(10)5-3-1-2-4(13-3)6(5)8(11)12;;/h1-6H,(H,9,10)(H,11,12);;/q;2*+1/p-2/t3-,4+,5+,6-;;. The van der Waals surface area contributed by atoms with E-state index in [1.54, 1.807) is 12.2 Å². The van der Waals surface area contributed by atoms with Crippen molar-refractivity contribution < 1.29 is 83.7 Å². The van der Waals surface area contributed by atoms with Crippen LogP contribution in [0, 0.1) is 11.8 Å². The summed E-state index contributed by atoms with van der Waals surface area (Å²) in [6.45, 7) is 0. The summed E-state index contributed by atoms with van der Waals surface area (Å²) in [5.41, 5.74) is 0. The Balaban J connectivity index is 0.000000980. The second-order valence-corrected chi connectivity index (χ2v) is 3.14. The number of hydrogen-bond donors (Lipinski definition) is 0. The molecule has 15 heavy (non-hydrogen) atoms. The molecule has 7 heteroatoms. The molecule has 2 aliphatic rings. The molecule has 70 valence electrons. The largest absolute Gasteiger partial charge is 1.00 e. The summed E-state index contributed by atoms with van der Waals surface area (Å²) in [5.74, 6) is -5.02. The first kappa shape index (κ1) is 15.6. The molecule has 0 aromatic rings. The Kier molecular flexibility index (Phi) is 6.06. The number of fused-ring (bicyclic) bond motifs is 2. The Morgan fingerprint density at radius 1 is 0.933 bits per heavy atom. The van der Waals surface area contributed by atoms with Crippen molar-refractivity contribution in [2.45, 2.75) is 12.2 Å². The minimum Gasteiger partial charge on any atom is -0.550 e. The predicted octanol–water partition coefficient (Wildman–Crippen LogP) is -8.94. The van der Waals surface area contributed by atoms with Crippen molar-refractivity contribution >= 4 is 11.9 Å². The van der Waals surface area contributed by atoms with Gasteiger partial charge in [0.1, 0.15) is 0 Å². The molecule has 0 unspecified atom stereocenters. The number of carboxylic acid groups (broad SMARTS) is 2. The summed E-state index contributed by atoms with van der Waals surface area (Å²) in [5, 5.41) is 21.2. The van der Waals surface area contributed by atoms with E-state index in [-0.39, 0.29) is 59.1 Å². The molecule has 1 fully saturated rings. The van der Waals surface area contributed by atoms with Crippen LogP contribution in [0.3, 0.4) is 0 Å². The van der Waals surface area contributed by atoms with Crippen LogP contribution in [0.15, 0.2) is 12.2 Å². The zero-order chi connectivity index (χ0) is 9.59. The Hall–Kier alpha value is 0.640. The Morgan fingerprint density at radius 2 is 1.27 bits per heavy atom. The van der Waals surface area contributed by atoms with Crippen molar-refractivity contribution in [1.29, 1.82) is 0 Å². The Labute approximate surface area is 130 Å². The Bertz CT molecular complexity index is 275. The van der Waals surface area contributed by atoms with E-state index in [1.165, 1.54) is 0 Å². The maximum Gasteiger partial charge on any atom is 1.00 e. The zero-order valence-electron chi connectivity index (χ0n) is 8.51. The first-order chi connectivity index (χ1) is 6.11. The average Bonchev–Trinajstić information content (AvgIpc) is 2.60. The molecule has 0 aromatic heterocycles. The molecule has 0 aromatic carbocycles. The molecule has 2 rings (SSSR count). The minimum absolute atomic E-state index is 0. The van der Waals surface area contributed by atoms with Crippen LogP contribution in [-0.4, -0.2) is 24.1 Å². The van der Waals surface area contributed by atoms with Crippen LogP contribution >= 0.6 is 0 Å². The van der Waals surface area contributed by atoms with E-state index >= 15 is 0 Å². The Morgan fingerprint density at radius 3 is 1.53 bits per heavy atom. The summed E-state index contributed by atoms with van der Waals surface area (Å²) in [6.07, 6.45) is 1.76. The van der Waals surface area contributed by atoms with Crippen molar-refractivity contribution in [2.24, 2.45) is 11.8 Å². The molecule has 5 nitrogen and oxygen atoms in total. The number of carbonyl (C=O) groups excluding carboxylic acids is 2. The minimum atomic E-state index is -1.40. The number of aliphatic carboxylic acids is 2. The van der Waals surface area contributed by atoms with E-state index in [1.807, 2.05) is 0 Å². The number of carbonyl (C=O) groups is 2. The van der Waals surface area contributed by atoms with E-state index in [0.717, 1.165) is 0 Å². The third kappa shape index (κ3) is 2.66. The first-order valence-electron chi connectivity index (χ1n) is 3.87. The molecule has 0 N–H and O–H groups in total. The number of hydrogen-bond acceptors (Lipinski definition) is 5. The molecule has 0 radical (unpaired) electrons. The molecule has 1 saturated heterocycles. The van der Waals surface area contributed by atoms with Crippen LogP contribution in [0.5, 0.6) is 0 Å². The summed E-state index contributed by atoms with van der Waals surface area (Å²) >= 11 is 0. The topological polar surface area (TPSA) is 89.5 Å². The van der Waals surface area contributed by atoms with Gasteiger partial charge >= 0.3 is 59.1 Å². The van der Waals surface area contributed by atoms with Gasteiger partial charge in [0.25, 0.3) is 0 Å². The van der Waals surface area contributed by atoms with E-state index in [4.69, 9.17) is 4.74 Å². The van der Waals surface area contributed by atoms with E-state index in [2.05, 4.69) is 0 Å². The van der Waals surface area contributed by atoms with Crippen molar-refractivity contribution in [3.8, 4) is 0 Å². The number of ether oxygens (including phenoxy) is 1. The molecule has 0 amide bonds. The van der Waals surface area contributed by atoms with Crippen LogP contribution in [-0.2, 0) is 14.3 Å². The van der Waals surface area contributed by atoms with Crippen LogP contribution in [0.2, 0.25) is 0 Å². The van der Waals surface area contributed by atoms with Gasteiger partial charge in [0.15, 0.2) is 0 Å². The zero-order valence-corrected chi connectivity index (χ0v) is 12.5. The number of carboxylic acids is 2. The molecule has 0 aliphatic carbocycles. The van der Waals surface area contributed by atoms with E-state index < -0.39 is 36.0 Å².